The summed E-state index contributed by atoms with van der Waals surface area (Å²) >= 11 is 0. The van der Waals surface area contributed by atoms with Crippen LogP contribution in [0.4, 0.5) is 5.69 Å². The van der Waals surface area contributed by atoms with Gasteiger partial charge in [0.1, 0.15) is 12.4 Å². The second-order valence-electron chi connectivity index (χ2n) is 5.06. The van der Waals surface area contributed by atoms with Crippen molar-refractivity contribution in [2.45, 2.75) is 13.3 Å². The van der Waals surface area contributed by atoms with Gasteiger partial charge in [-0.1, -0.05) is 6.92 Å². The lowest BCUT2D eigenvalue weighted by atomic mass is 10.2. The van der Waals surface area contributed by atoms with Gasteiger partial charge in [0.05, 0.1) is 6.61 Å². The fraction of sp³-hybridized carbons (Fsp3) is 0.562. The average Bonchev–Trinajstić information content (AvgIpc) is 2.55. The molecule has 0 aliphatic carbocycles. The molecule has 21 heavy (non-hydrogen) atoms. The predicted octanol–water partition coefficient (Wildman–Crippen LogP) is 1.77. The van der Waals surface area contributed by atoms with Crippen molar-refractivity contribution in [1.82, 2.24) is 4.90 Å². The number of hydrogen-bond acceptors (Lipinski definition) is 4. The minimum Gasteiger partial charge on any atom is -0.491 e. The van der Waals surface area contributed by atoms with Crippen molar-refractivity contribution >= 4 is 11.6 Å². The zero-order chi connectivity index (χ0) is 15.1. The molecule has 1 aliphatic rings. The van der Waals surface area contributed by atoms with Gasteiger partial charge in [0.15, 0.2) is 0 Å². The number of rotatable bonds is 6. The normalized spacial score (nSPS) is 15.1. The standard InChI is InChI=1S/C16H24N2O3/c1-3-16(19)18-10-8-17(9-11-18)14-4-6-15(7-5-14)21-13-12-20-2/h4-7H,3,8-13H2,1-2H3. The molecule has 1 aromatic rings. The number of carbonyl (C=O) groups is 1. The van der Waals surface area contributed by atoms with Gasteiger partial charge in [-0.25, -0.2) is 0 Å². The van der Waals surface area contributed by atoms with Gasteiger partial charge in [-0.05, 0) is 24.3 Å². The first-order valence-electron chi connectivity index (χ1n) is 7.49. The Morgan fingerprint density at radius 2 is 1.76 bits per heavy atom. The molecule has 5 nitrogen and oxygen atoms in total. The molecule has 0 saturated carbocycles. The lowest BCUT2D eigenvalue weighted by molar-refractivity contribution is -0.131. The molecule has 0 atom stereocenters. The minimum absolute atomic E-state index is 0.247. The third-order valence-electron chi connectivity index (χ3n) is 3.69. The summed E-state index contributed by atoms with van der Waals surface area (Å²) < 4.78 is 10.5. The summed E-state index contributed by atoms with van der Waals surface area (Å²) in [5.74, 6) is 1.10. The zero-order valence-corrected chi connectivity index (χ0v) is 12.9. The highest BCUT2D eigenvalue weighted by Gasteiger charge is 2.19. The van der Waals surface area contributed by atoms with E-state index < -0.39 is 0 Å². The largest absolute Gasteiger partial charge is 0.491 e. The van der Waals surface area contributed by atoms with Gasteiger partial charge in [-0.2, -0.15) is 0 Å². The summed E-state index contributed by atoms with van der Waals surface area (Å²) in [7, 11) is 1.66. The molecule has 0 bridgehead atoms. The maximum absolute atomic E-state index is 11.7. The number of carbonyl (C=O) groups excluding carboxylic acids is 1. The lowest BCUT2D eigenvalue weighted by Crippen LogP contribution is -2.48. The van der Waals surface area contributed by atoms with Crippen LogP contribution in [0.1, 0.15) is 13.3 Å². The molecule has 0 unspecified atom stereocenters. The van der Waals surface area contributed by atoms with Gasteiger partial charge in [0, 0.05) is 45.4 Å². The topological polar surface area (TPSA) is 42.0 Å². The van der Waals surface area contributed by atoms with Crippen molar-refractivity contribution < 1.29 is 14.3 Å². The number of nitrogens with zero attached hydrogens (tertiary/aromatic N) is 2. The SMILES string of the molecule is CCC(=O)N1CCN(c2ccc(OCCOC)cc2)CC1. The molecule has 5 heteroatoms. The maximum atomic E-state index is 11.7. The van der Waals surface area contributed by atoms with Gasteiger partial charge >= 0.3 is 0 Å². The number of amides is 1. The molecule has 0 N–H and O–H groups in total. The predicted molar refractivity (Wildman–Crippen MR) is 82.9 cm³/mol. The molecule has 1 amide bonds. The monoisotopic (exact) mass is 292 g/mol. The molecular weight excluding hydrogens is 268 g/mol. The molecule has 1 aromatic carbocycles. The second-order valence-corrected chi connectivity index (χ2v) is 5.06. The molecule has 0 aromatic heterocycles. The first-order chi connectivity index (χ1) is 10.2. The third-order valence-corrected chi connectivity index (χ3v) is 3.69. The maximum Gasteiger partial charge on any atom is 0.222 e. The van der Waals surface area contributed by atoms with E-state index in [1.165, 1.54) is 5.69 Å². The number of methoxy groups -OCH3 is 1. The van der Waals surface area contributed by atoms with Crippen molar-refractivity contribution in [3.05, 3.63) is 24.3 Å². The fourth-order valence-corrected chi connectivity index (χ4v) is 2.43. The van der Waals surface area contributed by atoms with Crippen LogP contribution in [0.5, 0.6) is 5.75 Å². The Kier molecular flexibility index (Phi) is 5.87. The Labute approximate surface area is 126 Å². The van der Waals surface area contributed by atoms with Crippen LogP contribution in [0.3, 0.4) is 0 Å². The van der Waals surface area contributed by atoms with Crippen molar-refractivity contribution in [3.8, 4) is 5.75 Å². The van der Waals surface area contributed by atoms with Crippen molar-refractivity contribution in [3.63, 3.8) is 0 Å². The van der Waals surface area contributed by atoms with E-state index in [1.54, 1.807) is 7.11 Å². The summed E-state index contributed by atoms with van der Waals surface area (Å²) in [6.45, 7) is 6.45. The van der Waals surface area contributed by atoms with E-state index in [9.17, 15) is 4.79 Å². The van der Waals surface area contributed by atoms with Crippen molar-refractivity contribution in [2.24, 2.45) is 0 Å². The van der Waals surface area contributed by atoms with E-state index in [1.807, 2.05) is 24.0 Å². The molecule has 1 saturated heterocycles. The Balaban J connectivity index is 1.84. The molecule has 1 heterocycles. The number of benzene rings is 1. The first-order valence-corrected chi connectivity index (χ1v) is 7.49. The quantitative estimate of drug-likeness (QED) is 0.749. The fourth-order valence-electron chi connectivity index (χ4n) is 2.43. The zero-order valence-electron chi connectivity index (χ0n) is 12.9. The van der Waals surface area contributed by atoms with E-state index in [4.69, 9.17) is 9.47 Å². The van der Waals surface area contributed by atoms with Crippen molar-refractivity contribution in [2.75, 3.05) is 51.4 Å². The van der Waals surface area contributed by atoms with Crippen LogP contribution < -0.4 is 9.64 Å². The van der Waals surface area contributed by atoms with Crippen LogP contribution in [0.25, 0.3) is 0 Å². The van der Waals surface area contributed by atoms with E-state index >= 15 is 0 Å². The van der Waals surface area contributed by atoms with Crippen molar-refractivity contribution in [1.29, 1.82) is 0 Å². The Hall–Kier alpha value is -1.75. The Bertz CT molecular complexity index is 439. The van der Waals surface area contributed by atoms with Gasteiger partial charge in [0.2, 0.25) is 5.91 Å². The lowest BCUT2D eigenvalue weighted by Gasteiger charge is -2.36. The van der Waals surface area contributed by atoms with Gasteiger partial charge < -0.3 is 19.3 Å². The highest BCUT2D eigenvalue weighted by Crippen LogP contribution is 2.21. The number of anilines is 1. The van der Waals surface area contributed by atoms with Crippen LogP contribution in [0.15, 0.2) is 24.3 Å². The van der Waals surface area contributed by atoms with E-state index in [0.29, 0.717) is 19.6 Å². The summed E-state index contributed by atoms with van der Waals surface area (Å²) in [5, 5.41) is 0. The summed E-state index contributed by atoms with van der Waals surface area (Å²) in [6.07, 6.45) is 0.591. The number of piperazine rings is 1. The first kappa shape index (κ1) is 15.6. The second kappa shape index (κ2) is 7.88. The molecule has 1 fully saturated rings. The Morgan fingerprint density at radius 1 is 1.10 bits per heavy atom. The number of hydrogen-bond donors (Lipinski definition) is 0. The average molecular weight is 292 g/mol. The molecular formula is C16H24N2O3. The van der Waals surface area contributed by atoms with Crippen LogP contribution in [0, 0.1) is 0 Å². The van der Waals surface area contributed by atoms with Crippen LogP contribution in [-0.4, -0.2) is 57.3 Å². The highest BCUT2D eigenvalue weighted by atomic mass is 16.5. The molecule has 0 spiro atoms. The molecule has 1 aliphatic heterocycles. The third kappa shape index (κ3) is 4.36. The van der Waals surface area contributed by atoms with Gasteiger partial charge in [-0.15, -0.1) is 0 Å². The molecule has 2 rings (SSSR count). The van der Waals surface area contributed by atoms with Gasteiger partial charge in [0.25, 0.3) is 0 Å². The van der Waals surface area contributed by atoms with E-state index in [2.05, 4.69) is 17.0 Å². The van der Waals surface area contributed by atoms with Crippen LogP contribution >= 0.6 is 0 Å². The molecule has 116 valence electrons. The summed E-state index contributed by atoms with van der Waals surface area (Å²) in [5.41, 5.74) is 1.18. The van der Waals surface area contributed by atoms with E-state index in [-0.39, 0.29) is 5.91 Å². The molecule has 0 radical (unpaired) electrons. The highest BCUT2D eigenvalue weighted by molar-refractivity contribution is 5.76. The van der Waals surface area contributed by atoms with Gasteiger partial charge in [-0.3, -0.25) is 4.79 Å². The summed E-state index contributed by atoms with van der Waals surface area (Å²) in [6, 6.07) is 8.10. The smallest absolute Gasteiger partial charge is 0.222 e. The minimum atomic E-state index is 0.247. The van der Waals surface area contributed by atoms with Crippen LogP contribution in [-0.2, 0) is 9.53 Å². The van der Waals surface area contributed by atoms with Crippen LogP contribution in [0.2, 0.25) is 0 Å². The Morgan fingerprint density at radius 3 is 2.33 bits per heavy atom. The summed E-state index contributed by atoms with van der Waals surface area (Å²) in [4.78, 5) is 15.9. The number of ether oxygens (including phenoxy) is 2. The van der Waals surface area contributed by atoms with E-state index in [0.717, 1.165) is 31.9 Å².